The first kappa shape index (κ1) is 21.3. The topological polar surface area (TPSA) is 97.6 Å². The molecule has 1 aromatic rings. The average molecular weight is 452 g/mol. The Morgan fingerprint density at radius 2 is 1.94 bits per heavy atom. The monoisotopic (exact) mass is 452 g/mol. The van der Waals surface area contributed by atoms with Crippen LogP contribution in [0.4, 0.5) is 23.8 Å². The fraction of sp³-hybridized carbons (Fsp3) is 0.682. The summed E-state index contributed by atoms with van der Waals surface area (Å²) in [5.41, 5.74) is 4.53. The summed E-state index contributed by atoms with van der Waals surface area (Å²) < 4.78 is 44.7. The van der Waals surface area contributed by atoms with Crippen molar-refractivity contribution >= 4 is 17.8 Å². The molecule has 6 atom stereocenters. The number of hydrogen-bond donors (Lipinski definition) is 2. The van der Waals surface area contributed by atoms with E-state index in [4.69, 9.17) is 10.5 Å². The first-order chi connectivity index (χ1) is 15.1. The van der Waals surface area contributed by atoms with E-state index in [1.807, 2.05) is 0 Å². The van der Waals surface area contributed by atoms with Gasteiger partial charge in [-0.15, -0.1) is 0 Å². The summed E-state index contributed by atoms with van der Waals surface area (Å²) in [4.78, 5) is 30.5. The van der Waals surface area contributed by atoms with Crippen LogP contribution in [0.2, 0.25) is 0 Å². The van der Waals surface area contributed by atoms with E-state index in [0.717, 1.165) is 37.6 Å². The van der Waals surface area contributed by atoms with E-state index in [-0.39, 0.29) is 35.7 Å². The molecule has 2 amide bonds. The molecule has 1 saturated heterocycles. The van der Waals surface area contributed by atoms with Crippen LogP contribution in [0, 0.1) is 23.2 Å². The summed E-state index contributed by atoms with van der Waals surface area (Å²) >= 11 is 0. The molecule has 6 rings (SSSR count). The number of pyridine rings is 1. The van der Waals surface area contributed by atoms with Crippen LogP contribution in [0.3, 0.4) is 0 Å². The van der Waals surface area contributed by atoms with Crippen LogP contribution in [-0.4, -0.2) is 47.1 Å². The number of carbonyl (C=O) groups excluding carboxylic acids is 2. The van der Waals surface area contributed by atoms with Crippen LogP contribution >= 0.6 is 0 Å². The third kappa shape index (κ3) is 3.77. The highest BCUT2D eigenvalue weighted by Gasteiger charge is 2.59. The quantitative estimate of drug-likeness (QED) is 0.730. The highest BCUT2D eigenvalue weighted by molar-refractivity contribution is 5.81. The van der Waals surface area contributed by atoms with Gasteiger partial charge in [0.25, 0.3) is 0 Å². The van der Waals surface area contributed by atoms with Crippen molar-refractivity contribution in [3.8, 4) is 0 Å². The van der Waals surface area contributed by atoms with Crippen LogP contribution in [-0.2, 0) is 15.7 Å². The average Bonchev–Trinajstić information content (AvgIpc) is 3.18. The summed E-state index contributed by atoms with van der Waals surface area (Å²) in [5.74, 6) is 0.735. The molecule has 1 aliphatic heterocycles. The molecule has 4 bridgehead atoms. The maximum Gasteiger partial charge on any atom is 0.416 e. The first-order valence-electron chi connectivity index (χ1n) is 11.2. The number of amides is 2. The van der Waals surface area contributed by atoms with E-state index in [2.05, 4.69) is 10.3 Å². The molecule has 4 saturated carbocycles. The number of carbonyl (C=O) groups is 2. The summed E-state index contributed by atoms with van der Waals surface area (Å²) in [5, 5.41) is 3.00. The first-order valence-corrected chi connectivity index (χ1v) is 11.2. The lowest BCUT2D eigenvalue weighted by atomic mass is 9.48. The van der Waals surface area contributed by atoms with Gasteiger partial charge in [0.15, 0.2) is 0 Å². The van der Waals surface area contributed by atoms with Gasteiger partial charge in [0.1, 0.15) is 11.9 Å². The number of likely N-dealkylation sites (tertiary alicyclic amines) is 1. The molecular weight excluding hydrogens is 425 g/mol. The minimum atomic E-state index is -4.43. The number of aromatic nitrogens is 1. The molecule has 10 heteroatoms. The van der Waals surface area contributed by atoms with Gasteiger partial charge >= 0.3 is 12.3 Å². The summed E-state index contributed by atoms with van der Waals surface area (Å²) in [6, 6.07) is 1.70. The zero-order valence-electron chi connectivity index (χ0n) is 17.6. The zero-order chi connectivity index (χ0) is 22.7. The number of halogens is 3. The standard InChI is InChI=1S/C22H27F3N4O3/c23-22(24,25)15-1-3-27-17(7-15)28-16-2-4-29(11-16)20(31)32-18-13-5-12-6-14(18)10-21(8-12,9-13)19(26)30/h1,3,7,12-14,16,18H,2,4-6,8-11H2,(H2,26,30)(H,27,28)/t12?,13-,14?,16+,18?,21?/m0/s1. The van der Waals surface area contributed by atoms with Crippen molar-refractivity contribution in [1.29, 1.82) is 0 Å². The number of primary amides is 1. The third-order valence-electron chi connectivity index (χ3n) is 7.83. The van der Waals surface area contributed by atoms with Crippen LogP contribution in [0.15, 0.2) is 18.3 Å². The highest BCUT2D eigenvalue weighted by atomic mass is 19.4. The van der Waals surface area contributed by atoms with E-state index in [1.165, 1.54) is 0 Å². The molecule has 5 aliphatic rings. The number of nitrogens with one attached hydrogen (secondary N) is 1. The molecule has 0 aromatic carbocycles. The second kappa shape index (κ2) is 7.52. The lowest BCUT2D eigenvalue weighted by Gasteiger charge is -2.58. The summed E-state index contributed by atoms with van der Waals surface area (Å²) in [6.07, 6.45) is 0.881. The van der Waals surface area contributed by atoms with Gasteiger partial charge in [-0.3, -0.25) is 4.79 Å². The minimum Gasteiger partial charge on any atom is -0.446 e. The third-order valence-corrected chi connectivity index (χ3v) is 7.83. The molecule has 4 unspecified atom stereocenters. The van der Waals surface area contributed by atoms with Crippen molar-refractivity contribution < 1.29 is 27.5 Å². The van der Waals surface area contributed by atoms with Gasteiger partial charge in [-0.05, 0) is 68.4 Å². The van der Waals surface area contributed by atoms with E-state index in [1.54, 1.807) is 4.90 Å². The molecular formula is C22H27F3N4O3. The number of anilines is 1. The van der Waals surface area contributed by atoms with E-state index < -0.39 is 23.2 Å². The van der Waals surface area contributed by atoms with Crippen molar-refractivity contribution in [3.63, 3.8) is 0 Å². The van der Waals surface area contributed by atoms with Gasteiger partial charge in [-0.2, -0.15) is 13.2 Å². The smallest absolute Gasteiger partial charge is 0.416 e. The Morgan fingerprint density at radius 3 is 2.59 bits per heavy atom. The molecule has 4 aliphatic carbocycles. The maximum atomic E-state index is 12.9. The van der Waals surface area contributed by atoms with Gasteiger partial charge in [0.2, 0.25) is 5.91 Å². The Morgan fingerprint density at radius 1 is 1.22 bits per heavy atom. The Kier molecular flexibility index (Phi) is 5.01. The van der Waals surface area contributed by atoms with Crippen molar-refractivity contribution in [2.45, 2.75) is 56.8 Å². The second-order valence-electron chi connectivity index (χ2n) is 9.97. The number of nitrogens with two attached hydrogens (primary N) is 1. The highest BCUT2D eigenvalue weighted by Crippen LogP contribution is 2.60. The Balaban J connectivity index is 1.18. The number of ether oxygens (including phenoxy) is 1. The van der Waals surface area contributed by atoms with E-state index in [0.29, 0.717) is 38.3 Å². The largest absolute Gasteiger partial charge is 0.446 e. The molecule has 0 radical (unpaired) electrons. The Hall–Kier alpha value is -2.52. The van der Waals surface area contributed by atoms with Crippen molar-refractivity contribution in [2.24, 2.45) is 28.9 Å². The van der Waals surface area contributed by atoms with Gasteiger partial charge in [-0.1, -0.05) is 0 Å². The summed E-state index contributed by atoms with van der Waals surface area (Å²) in [6.45, 7) is 0.804. The lowest BCUT2D eigenvalue weighted by molar-refractivity contribution is -0.161. The normalized spacial score (nSPS) is 35.7. The van der Waals surface area contributed by atoms with E-state index >= 15 is 0 Å². The molecule has 2 heterocycles. The Labute approximate surface area is 183 Å². The number of alkyl halides is 3. The van der Waals surface area contributed by atoms with Crippen LogP contribution in [0.1, 0.15) is 44.1 Å². The molecule has 7 nitrogen and oxygen atoms in total. The number of hydrogen-bond acceptors (Lipinski definition) is 5. The van der Waals surface area contributed by atoms with Gasteiger partial charge < -0.3 is 20.7 Å². The summed E-state index contributed by atoms with van der Waals surface area (Å²) in [7, 11) is 0. The maximum absolute atomic E-state index is 12.9. The van der Waals surface area contributed by atoms with Crippen LogP contribution < -0.4 is 11.1 Å². The molecule has 5 fully saturated rings. The minimum absolute atomic E-state index is 0.137. The van der Waals surface area contributed by atoms with Crippen LogP contribution in [0.5, 0.6) is 0 Å². The van der Waals surface area contributed by atoms with Crippen LogP contribution in [0.25, 0.3) is 0 Å². The molecule has 174 valence electrons. The molecule has 32 heavy (non-hydrogen) atoms. The second-order valence-corrected chi connectivity index (χ2v) is 9.97. The fourth-order valence-corrected chi connectivity index (χ4v) is 6.60. The molecule has 3 N–H and O–H groups in total. The fourth-order valence-electron chi connectivity index (χ4n) is 6.60. The number of rotatable bonds is 4. The van der Waals surface area contributed by atoms with Crippen molar-refractivity contribution in [3.05, 3.63) is 23.9 Å². The predicted molar refractivity (Wildman–Crippen MR) is 108 cm³/mol. The predicted octanol–water partition coefficient (Wildman–Crippen LogP) is 3.40. The van der Waals surface area contributed by atoms with Gasteiger partial charge in [-0.25, -0.2) is 9.78 Å². The van der Waals surface area contributed by atoms with Gasteiger partial charge in [0, 0.05) is 25.3 Å². The molecule has 0 spiro atoms. The van der Waals surface area contributed by atoms with Gasteiger partial charge in [0.05, 0.1) is 11.0 Å². The van der Waals surface area contributed by atoms with Crippen molar-refractivity contribution in [1.82, 2.24) is 9.88 Å². The molecule has 1 aromatic heterocycles. The SMILES string of the molecule is NC(=O)C12CC3CC(C1)C(OC(=O)N1CC[C@@H](Nc4cc(C(F)(F)F)ccn4)C1)[C@@H](C3)C2. The van der Waals surface area contributed by atoms with Crippen molar-refractivity contribution in [2.75, 3.05) is 18.4 Å². The van der Waals surface area contributed by atoms with E-state index in [9.17, 15) is 22.8 Å². The number of nitrogens with zero attached hydrogens (tertiary/aromatic N) is 2. The Bertz CT molecular complexity index is 908. The lowest BCUT2D eigenvalue weighted by Crippen LogP contribution is -2.59. The zero-order valence-corrected chi connectivity index (χ0v) is 17.6.